The normalized spacial score (nSPS) is 22.3. The zero-order valence-electron chi connectivity index (χ0n) is 11.5. The molecule has 0 saturated carbocycles. The second-order valence-electron chi connectivity index (χ2n) is 5.30. The highest BCUT2D eigenvalue weighted by Crippen LogP contribution is 2.26. The van der Waals surface area contributed by atoms with E-state index in [1.54, 1.807) is 13.1 Å². The first-order chi connectivity index (χ1) is 8.59. The molecular weight excluding hydrogens is 226 g/mol. The third-order valence-electron chi connectivity index (χ3n) is 3.69. The summed E-state index contributed by atoms with van der Waals surface area (Å²) in [6.07, 6.45) is 3.76. The smallest absolute Gasteiger partial charge is 0.134 e. The standard InChI is InChI=1S/C14H23N3O/c1-11(18)13-7-4-8-15-14(13)17-9-5-6-12(10-17)16(2)3/h4,7-8,11-12,18H,5-6,9-10H2,1-3H3. The van der Waals surface area contributed by atoms with E-state index < -0.39 is 6.10 Å². The first-order valence-corrected chi connectivity index (χ1v) is 6.64. The van der Waals surface area contributed by atoms with E-state index in [2.05, 4.69) is 28.9 Å². The van der Waals surface area contributed by atoms with Crippen molar-refractivity contribution in [1.29, 1.82) is 0 Å². The number of piperidine rings is 1. The molecule has 4 nitrogen and oxygen atoms in total. The number of rotatable bonds is 3. The number of anilines is 1. The summed E-state index contributed by atoms with van der Waals surface area (Å²) in [7, 11) is 4.25. The van der Waals surface area contributed by atoms with Gasteiger partial charge < -0.3 is 14.9 Å². The Bertz CT molecular complexity index is 392. The van der Waals surface area contributed by atoms with E-state index in [1.807, 2.05) is 12.1 Å². The lowest BCUT2D eigenvalue weighted by molar-refractivity contribution is 0.198. The number of hydrogen-bond acceptors (Lipinski definition) is 4. The quantitative estimate of drug-likeness (QED) is 0.884. The second kappa shape index (κ2) is 5.67. The minimum absolute atomic E-state index is 0.464. The molecule has 0 aromatic carbocycles. The van der Waals surface area contributed by atoms with Gasteiger partial charge in [0.1, 0.15) is 5.82 Å². The largest absolute Gasteiger partial charge is 0.389 e. The molecule has 0 amide bonds. The van der Waals surface area contributed by atoms with Crippen LogP contribution in [0.1, 0.15) is 31.4 Å². The van der Waals surface area contributed by atoms with E-state index in [0.717, 1.165) is 24.5 Å². The van der Waals surface area contributed by atoms with Crippen molar-refractivity contribution in [2.45, 2.75) is 31.9 Å². The summed E-state index contributed by atoms with van der Waals surface area (Å²) in [5.74, 6) is 0.944. The summed E-state index contributed by atoms with van der Waals surface area (Å²) in [5, 5.41) is 9.83. The minimum atomic E-state index is -0.464. The van der Waals surface area contributed by atoms with Crippen LogP contribution in [0.15, 0.2) is 18.3 Å². The lowest BCUT2D eigenvalue weighted by Crippen LogP contribution is -2.45. The van der Waals surface area contributed by atoms with Gasteiger partial charge in [0.25, 0.3) is 0 Å². The minimum Gasteiger partial charge on any atom is -0.389 e. The van der Waals surface area contributed by atoms with E-state index in [4.69, 9.17) is 0 Å². The van der Waals surface area contributed by atoms with Crippen molar-refractivity contribution in [3.05, 3.63) is 23.9 Å². The number of nitrogens with zero attached hydrogens (tertiary/aromatic N) is 3. The maximum atomic E-state index is 9.83. The van der Waals surface area contributed by atoms with Gasteiger partial charge in [-0.3, -0.25) is 0 Å². The molecule has 1 aromatic rings. The van der Waals surface area contributed by atoms with Crippen LogP contribution in [0, 0.1) is 0 Å². The van der Waals surface area contributed by atoms with Crippen LogP contribution in [0.2, 0.25) is 0 Å². The number of pyridine rings is 1. The topological polar surface area (TPSA) is 39.6 Å². The van der Waals surface area contributed by atoms with Crippen molar-refractivity contribution in [2.24, 2.45) is 0 Å². The number of likely N-dealkylation sites (N-methyl/N-ethyl adjacent to an activating group) is 1. The summed E-state index contributed by atoms with van der Waals surface area (Å²) in [5.41, 5.74) is 0.928. The fourth-order valence-corrected chi connectivity index (χ4v) is 2.57. The lowest BCUT2D eigenvalue weighted by atomic mass is 10.0. The Kier molecular flexibility index (Phi) is 4.19. The molecule has 4 heteroatoms. The van der Waals surface area contributed by atoms with Crippen LogP contribution >= 0.6 is 0 Å². The molecule has 0 bridgehead atoms. The predicted octanol–water partition coefficient (Wildman–Crippen LogP) is 1.67. The zero-order chi connectivity index (χ0) is 13.1. The highest BCUT2D eigenvalue weighted by atomic mass is 16.3. The summed E-state index contributed by atoms with van der Waals surface area (Å²) >= 11 is 0. The van der Waals surface area contributed by atoms with Crippen LogP contribution in [-0.4, -0.2) is 48.2 Å². The van der Waals surface area contributed by atoms with E-state index >= 15 is 0 Å². The molecule has 18 heavy (non-hydrogen) atoms. The summed E-state index contributed by atoms with van der Waals surface area (Å²) in [6, 6.07) is 4.42. The molecule has 2 unspecified atom stereocenters. The fourth-order valence-electron chi connectivity index (χ4n) is 2.57. The molecule has 100 valence electrons. The highest BCUT2D eigenvalue weighted by Gasteiger charge is 2.24. The fraction of sp³-hybridized carbons (Fsp3) is 0.643. The molecule has 0 radical (unpaired) electrons. The number of hydrogen-bond donors (Lipinski definition) is 1. The first kappa shape index (κ1) is 13.3. The summed E-state index contributed by atoms with van der Waals surface area (Å²) in [6.45, 7) is 3.82. The van der Waals surface area contributed by atoms with Gasteiger partial charge in [0.2, 0.25) is 0 Å². The Hall–Kier alpha value is -1.13. The van der Waals surface area contributed by atoms with Crippen LogP contribution < -0.4 is 4.90 Å². The van der Waals surface area contributed by atoms with Crippen LogP contribution in [0.25, 0.3) is 0 Å². The van der Waals surface area contributed by atoms with Gasteiger partial charge in [-0.25, -0.2) is 4.98 Å². The van der Waals surface area contributed by atoms with Gasteiger partial charge in [-0.1, -0.05) is 6.07 Å². The molecule has 2 atom stereocenters. The lowest BCUT2D eigenvalue weighted by Gasteiger charge is -2.37. The SMILES string of the molecule is CC(O)c1cccnc1N1CCCC(N(C)C)C1. The second-order valence-corrected chi connectivity index (χ2v) is 5.30. The van der Waals surface area contributed by atoms with Gasteiger partial charge in [-0.15, -0.1) is 0 Å². The number of aromatic nitrogens is 1. The predicted molar refractivity (Wildman–Crippen MR) is 73.8 cm³/mol. The Morgan fingerprint density at radius 2 is 2.28 bits per heavy atom. The Balaban J connectivity index is 2.20. The molecule has 0 spiro atoms. The van der Waals surface area contributed by atoms with Crippen molar-refractivity contribution < 1.29 is 5.11 Å². The molecule has 1 aliphatic rings. The Morgan fingerprint density at radius 3 is 2.94 bits per heavy atom. The van der Waals surface area contributed by atoms with E-state index in [9.17, 15) is 5.11 Å². The van der Waals surface area contributed by atoms with Gasteiger partial charge in [0.05, 0.1) is 6.10 Å². The van der Waals surface area contributed by atoms with Crippen molar-refractivity contribution >= 4 is 5.82 Å². The maximum absolute atomic E-state index is 9.83. The Labute approximate surface area is 109 Å². The molecule has 1 aliphatic heterocycles. The molecule has 1 saturated heterocycles. The van der Waals surface area contributed by atoms with Crippen molar-refractivity contribution in [1.82, 2.24) is 9.88 Å². The van der Waals surface area contributed by atoms with Gasteiger partial charge in [0.15, 0.2) is 0 Å². The average molecular weight is 249 g/mol. The van der Waals surface area contributed by atoms with Crippen LogP contribution in [0.3, 0.4) is 0 Å². The van der Waals surface area contributed by atoms with E-state index in [1.165, 1.54) is 12.8 Å². The van der Waals surface area contributed by atoms with Crippen molar-refractivity contribution in [3.8, 4) is 0 Å². The van der Waals surface area contributed by atoms with Crippen molar-refractivity contribution in [3.63, 3.8) is 0 Å². The number of aliphatic hydroxyl groups is 1. The summed E-state index contributed by atoms with van der Waals surface area (Å²) < 4.78 is 0. The molecule has 2 rings (SSSR count). The van der Waals surface area contributed by atoms with Crippen LogP contribution in [0.5, 0.6) is 0 Å². The zero-order valence-corrected chi connectivity index (χ0v) is 11.5. The molecule has 1 N–H and O–H groups in total. The molecule has 1 aromatic heterocycles. The molecule has 0 aliphatic carbocycles. The average Bonchev–Trinajstić information content (AvgIpc) is 2.39. The molecule has 2 heterocycles. The van der Waals surface area contributed by atoms with E-state index in [0.29, 0.717) is 6.04 Å². The number of aliphatic hydroxyl groups excluding tert-OH is 1. The third-order valence-corrected chi connectivity index (χ3v) is 3.69. The maximum Gasteiger partial charge on any atom is 0.134 e. The first-order valence-electron chi connectivity index (χ1n) is 6.64. The van der Waals surface area contributed by atoms with Crippen LogP contribution in [0.4, 0.5) is 5.82 Å². The van der Waals surface area contributed by atoms with Crippen molar-refractivity contribution in [2.75, 3.05) is 32.1 Å². The van der Waals surface area contributed by atoms with E-state index in [-0.39, 0.29) is 0 Å². The highest BCUT2D eigenvalue weighted by molar-refractivity contribution is 5.48. The Morgan fingerprint density at radius 1 is 1.50 bits per heavy atom. The van der Waals surface area contributed by atoms with Gasteiger partial charge in [-0.05, 0) is 39.9 Å². The van der Waals surface area contributed by atoms with Gasteiger partial charge in [-0.2, -0.15) is 0 Å². The summed E-state index contributed by atoms with van der Waals surface area (Å²) in [4.78, 5) is 9.04. The monoisotopic (exact) mass is 249 g/mol. The van der Waals surface area contributed by atoms with Gasteiger partial charge in [0, 0.05) is 30.9 Å². The van der Waals surface area contributed by atoms with Gasteiger partial charge >= 0.3 is 0 Å². The molecule has 1 fully saturated rings. The third kappa shape index (κ3) is 2.82. The molecular formula is C14H23N3O. The van der Waals surface area contributed by atoms with Crippen LogP contribution in [-0.2, 0) is 0 Å².